The van der Waals surface area contributed by atoms with E-state index in [1.54, 1.807) is 6.07 Å². The number of fused-ring (bicyclic) bond motifs is 1. The van der Waals surface area contributed by atoms with Crippen LogP contribution in [0.4, 0.5) is 37.6 Å². The minimum absolute atomic E-state index is 0.0295. The zero-order valence-corrected chi connectivity index (χ0v) is 22.0. The molecule has 2 unspecified atom stereocenters. The number of halogens is 2. The van der Waals surface area contributed by atoms with E-state index in [4.69, 9.17) is 0 Å². The van der Waals surface area contributed by atoms with Crippen molar-refractivity contribution in [3.63, 3.8) is 0 Å². The SMILES string of the molecule is CCN1CCN(c2ccc(Nc3ncc(F)c(-c4cc(F)c5c(c4)N(C(C)C)C(C)N5)n3)nc2)CC1C. The summed E-state index contributed by atoms with van der Waals surface area (Å²) in [5, 5.41) is 6.22. The largest absolute Gasteiger partial charge is 0.367 e. The third-order valence-electron chi connectivity index (χ3n) is 7.22. The molecule has 2 aliphatic heterocycles. The summed E-state index contributed by atoms with van der Waals surface area (Å²) >= 11 is 0. The lowest BCUT2D eigenvalue weighted by Crippen LogP contribution is -2.51. The van der Waals surface area contributed by atoms with Crippen LogP contribution in [-0.4, -0.2) is 64.3 Å². The number of aromatic nitrogens is 3. The number of likely N-dealkylation sites (N-methyl/N-ethyl adjacent to an activating group) is 1. The van der Waals surface area contributed by atoms with E-state index in [-0.39, 0.29) is 23.8 Å². The van der Waals surface area contributed by atoms with Gasteiger partial charge in [0.25, 0.3) is 0 Å². The maximum absolute atomic E-state index is 15.0. The number of benzene rings is 1. The van der Waals surface area contributed by atoms with E-state index in [0.717, 1.165) is 38.1 Å². The van der Waals surface area contributed by atoms with Gasteiger partial charge in [0.2, 0.25) is 5.95 Å². The van der Waals surface area contributed by atoms with Crippen molar-refractivity contribution in [1.29, 1.82) is 0 Å². The lowest BCUT2D eigenvalue weighted by atomic mass is 10.1. The molecule has 0 spiro atoms. The number of pyridine rings is 1. The second kappa shape index (κ2) is 10.1. The number of anilines is 5. The predicted octanol–water partition coefficient (Wildman–Crippen LogP) is 5.08. The molecular formula is C27H34F2N8. The van der Waals surface area contributed by atoms with Crippen molar-refractivity contribution >= 4 is 28.8 Å². The molecule has 1 fully saturated rings. The van der Waals surface area contributed by atoms with Gasteiger partial charge < -0.3 is 20.4 Å². The summed E-state index contributed by atoms with van der Waals surface area (Å²) in [4.78, 5) is 19.8. The van der Waals surface area contributed by atoms with Crippen LogP contribution >= 0.6 is 0 Å². The first kappa shape index (κ1) is 25.1. The summed E-state index contributed by atoms with van der Waals surface area (Å²) in [5.41, 5.74) is 2.55. The van der Waals surface area contributed by atoms with E-state index in [2.05, 4.69) is 54.1 Å². The third-order valence-corrected chi connectivity index (χ3v) is 7.22. The van der Waals surface area contributed by atoms with Crippen LogP contribution in [-0.2, 0) is 0 Å². The monoisotopic (exact) mass is 508 g/mol. The Kier molecular flexibility index (Phi) is 6.85. The van der Waals surface area contributed by atoms with E-state index in [0.29, 0.717) is 28.8 Å². The molecule has 2 aliphatic rings. The van der Waals surface area contributed by atoms with Crippen LogP contribution in [0.25, 0.3) is 11.3 Å². The van der Waals surface area contributed by atoms with E-state index in [1.165, 1.54) is 6.07 Å². The van der Waals surface area contributed by atoms with E-state index < -0.39 is 11.6 Å². The first-order chi connectivity index (χ1) is 17.7. The number of hydrogen-bond donors (Lipinski definition) is 2. The second-order valence-electron chi connectivity index (χ2n) is 10.0. The highest BCUT2D eigenvalue weighted by atomic mass is 19.1. The fourth-order valence-electron chi connectivity index (χ4n) is 5.38. The van der Waals surface area contributed by atoms with Crippen molar-refractivity contribution in [1.82, 2.24) is 19.9 Å². The van der Waals surface area contributed by atoms with Crippen molar-refractivity contribution in [2.24, 2.45) is 0 Å². The lowest BCUT2D eigenvalue weighted by Gasteiger charge is -2.40. The minimum atomic E-state index is -0.622. The molecule has 0 amide bonds. The summed E-state index contributed by atoms with van der Waals surface area (Å²) in [6.45, 7) is 14.5. The van der Waals surface area contributed by atoms with Gasteiger partial charge in [-0.3, -0.25) is 4.90 Å². The Balaban J connectivity index is 1.36. The molecule has 1 aromatic carbocycles. The molecule has 3 aromatic rings. The van der Waals surface area contributed by atoms with E-state index in [9.17, 15) is 8.78 Å². The van der Waals surface area contributed by atoms with Gasteiger partial charge in [-0.05, 0) is 58.5 Å². The molecule has 2 aromatic heterocycles. The fourth-order valence-corrected chi connectivity index (χ4v) is 5.38. The van der Waals surface area contributed by atoms with Crippen molar-refractivity contribution in [2.75, 3.05) is 46.6 Å². The molecule has 196 valence electrons. The summed E-state index contributed by atoms with van der Waals surface area (Å²) in [7, 11) is 0. The van der Waals surface area contributed by atoms with Gasteiger partial charge in [-0.1, -0.05) is 6.92 Å². The normalized spacial score (nSPS) is 19.8. The molecule has 0 saturated carbocycles. The standard InChI is InChI=1S/C27H34F2N8/c1-6-35-9-10-36(15-17(35)4)20-7-8-24(30-13-20)33-27-31-14-22(29)25(34-27)19-11-21(28)26-23(12-19)37(16(2)3)18(5)32-26/h7-8,11-14,16-18,32H,6,9-10,15H2,1-5H3,(H,30,31,33,34). The molecular weight excluding hydrogens is 474 g/mol. The van der Waals surface area contributed by atoms with Crippen LogP contribution in [0.2, 0.25) is 0 Å². The smallest absolute Gasteiger partial charge is 0.229 e. The molecule has 4 heterocycles. The molecule has 10 heteroatoms. The number of nitrogens with zero attached hydrogens (tertiary/aromatic N) is 6. The van der Waals surface area contributed by atoms with Crippen molar-refractivity contribution in [2.45, 2.75) is 52.9 Å². The van der Waals surface area contributed by atoms with Crippen LogP contribution in [0.5, 0.6) is 0 Å². The van der Waals surface area contributed by atoms with Crippen LogP contribution in [0.15, 0.2) is 36.7 Å². The zero-order chi connectivity index (χ0) is 26.3. The highest BCUT2D eigenvalue weighted by Gasteiger charge is 2.31. The molecule has 8 nitrogen and oxygen atoms in total. The average molecular weight is 509 g/mol. The lowest BCUT2D eigenvalue weighted by molar-refractivity contribution is 0.199. The Hall–Kier alpha value is -3.53. The van der Waals surface area contributed by atoms with Gasteiger partial charge in [-0.2, -0.15) is 0 Å². The van der Waals surface area contributed by atoms with Gasteiger partial charge in [0.05, 0.1) is 35.6 Å². The van der Waals surface area contributed by atoms with Crippen LogP contribution < -0.4 is 20.4 Å². The molecule has 5 rings (SSSR count). The Morgan fingerprint density at radius 3 is 2.57 bits per heavy atom. The summed E-state index contributed by atoms with van der Waals surface area (Å²) < 4.78 is 29.8. The minimum Gasteiger partial charge on any atom is -0.367 e. The first-order valence-corrected chi connectivity index (χ1v) is 12.9. The molecule has 37 heavy (non-hydrogen) atoms. The quantitative estimate of drug-likeness (QED) is 0.478. The van der Waals surface area contributed by atoms with Crippen molar-refractivity contribution in [3.05, 3.63) is 48.3 Å². The summed E-state index contributed by atoms with van der Waals surface area (Å²) in [5.74, 6) is -0.328. The zero-order valence-electron chi connectivity index (χ0n) is 22.0. The van der Waals surface area contributed by atoms with Crippen LogP contribution in [0.3, 0.4) is 0 Å². The first-order valence-electron chi connectivity index (χ1n) is 12.9. The molecule has 2 atom stereocenters. The molecule has 0 bridgehead atoms. The topological polar surface area (TPSA) is 72.5 Å². The molecule has 0 radical (unpaired) electrons. The van der Waals surface area contributed by atoms with E-state index in [1.807, 2.05) is 39.1 Å². The molecule has 0 aliphatic carbocycles. The number of nitrogens with one attached hydrogen (secondary N) is 2. The van der Waals surface area contributed by atoms with Crippen LogP contribution in [0, 0.1) is 11.6 Å². The van der Waals surface area contributed by atoms with E-state index >= 15 is 0 Å². The van der Waals surface area contributed by atoms with Crippen LogP contribution in [0.1, 0.15) is 34.6 Å². The molecule has 1 saturated heterocycles. The summed E-state index contributed by atoms with van der Waals surface area (Å²) in [6, 6.07) is 7.58. The third kappa shape index (κ3) is 4.90. The van der Waals surface area contributed by atoms with Crippen molar-refractivity contribution < 1.29 is 8.78 Å². The Morgan fingerprint density at radius 1 is 1.08 bits per heavy atom. The summed E-state index contributed by atoms with van der Waals surface area (Å²) in [6.07, 6.45) is 2.85. The maximum atomic E-state index is 15.0. The highest BCUT2D eigenvalue weighted by Crippen LogP contribution is 2.41. The number of piperazine rings is 1. The molecule has 2 N–H and O–H groups in total. The van der Waals surface area contributed by atoms with Gasteiger partial charge in [0.15, 0.2) is 5.82 Å². The Labute approximate surface area is 216 Å². The predicted molar refractivity (Wildman–Crippen MR) is 145 cm³/mol. The number of hydrogen-bond acceptors (Lipinski definition) is 8. The fraction of sp³-hybridized carbons (Fsp3) is 0.444. The highest BCUT2D eigenvalue weighted by molar-refractivity contribution is 5.82. The van der Waals surface area contributed by atoms with Gasteiger partial charge in [0.1, 0.15) is 17.3 Å². The Bertz CT molecular complexity index is 1270. The van der Waals surface area contributed by atoms with Gasteiger partial charge in [0, 0.05) is 37.3 Å². The average Bonchev–Trinajstić information content (AvgIpc) is 3.22. The van der Waals surface area contributed by atoms with Crippen molar-refractivity contribution in [3.8, 4) is 11.3 Å². The Morgan fingerprint density at radius 2 is 1.89 bits per heavy atom. The maximum Gasteiger partial charge on any atom is 0.229 e. The second-order valence-corrected chi connectivity index (χ2v) is 10.0. The van der Waals surface area contributed by atoms with Gasteiger partial charge >= 0.3 is 0 Å². The number of rotatable bonds is 6. The van der Waals surface area contributed by atoms with Gasteiger partial charge in [-0.15, -0.1) is 0 Å². The van der Waals surface area contributed by atoms with Gasteiger partial charge in [-0.25, -0.2) is 23.7 Å².